The van der Waals surface area contributed by atoms with Crippen molar-refractivity contribution in [2.45, 2.75) is 18.8 Å². The number of aliphatic hydroxyl groups excluding tert-OH is 3. The molecule has 7 heteroatoms. The average Bonchev–Trinajstić information content (AvgIpc) is 2.72. The van der Waals surface area contributed by atoms with Gasteiger partial charge in [-0.05, 0) is 40.3 Å². The van der Waals surface area contributed by atoms with Crippen molar-refractivity contribution in [3.63, 3.8) is 0 Å². The van der Waals surface area contributed by atoms with E-state index >= 15 is 0 Å². The van der Waals surface area contributed by atoms with E-state index in [1.165, 1.54) is 0 Å². The van der Waals surface area contributed by atoms with E-state index in [9.17, 15) is 15.0 Å². The van der Waals surface area contributed by atoms with Crippen molar-refractivity contribution in [3.8, 4) is 0 Å². The van der Waals surface area contributed by atoms with Gasteiger partial charge in [0.25, 0.3) is 0 Å². The largest absolute Gasteiger partial charge is 0.499 e. The predicted molar refractivity (Wildman–Crippen MR) is 76.6 cm³/mol. The Morgan fingerprint density at radius 2 is 2.20 bits per heavy atom. The maximum Gasteiger partial charge on any atom is 0.378 e. The molecule has 0 amide bonds. The lowest BCUT2D eigenvalue weighted by atomic mass is 10.2. The molecular weight excluding hydrogens is 377 g/mol. The molecule has 1 aromatic rings. The monoisotopic (exact) mass is 390 g/mol. The molecule has 0 fully saturated rings. The van der Waals surface area contributed by atoms with Gasteiger partial charge in [0.05, 0.1) is 6.61 Å². The number of carbonyl (C=O) groups is 1. The van der Waals surface area contributed by atoms with E-state index in [4.69, 9.17) is 14.6 Å². The number of carbonyl (C=O) groups excluding carboxylic acids is 1. The second-order valence-corrected chi connectivity index (χ2v) is 5.45. The second-order valence-electron chi connectivity index (χ2n) is 4.21. The number of rotatable bonds is 5. The van der Waals surface area contributed by atoms with Crippen LogP contribution in [0.25, 0.3) is 0 Å². The van der Waals surface area contributed by atoms with E-state index in [1.54, 1.807) is 0 Å². The molecule has 0 saturated carbocycles. The molecule has 0 spiro atoms. The third-order valence-electron chi connectivity index (χ3n) is 2.74. The van der Waals surface area contributed by atoms with Crippen LogP contribution in [0.4, 0.5) is 0 Å². The van der Waals surface area contributed by atoms with Gasteiger partial charge in [0, 0.05) is 3.57 Å². The van der Waals surface area contributed by atoms with Crippen molar-refractivity contribution in [2.24, 2.45) is 0 Å². The summed E-state index contributed by atoms with van der Waals surface area (Å²) in [6.07, 6.45) is -2.52. The Bertz CT molecular complexity index is 541. The second kappa shape index (κ2) is 6.42. The summed E-state index contributed by atoms with van der Waals surface area (Å²) >= 11 is 2.15. The minimum absolute atomic E-state index is 0.113. The van der Waals surface area contributed by atoms with Crippen molar-refractivity contribution in [3.05, 3.63) is 44.9 Å². The molecule has 0 aromatic heterocycles. The topological polar surface area (TPSA) is 96.2 Å². The van der Waals surface area contributed by atoms with Gasteiger partial charge in [-0.1, -0.05) is 12.1 Å². The van der Waals surface area contributed by atoms with Crippen LogP contribution in [-0.4, -0.2) is 40.1 Å². The van der Waals surface area contributed by atoms with Gasteiger partial charge in [0.1, 0.15) is 12.7 Å². The maximum atomic E-state index is 11.3. The molecule has 1 aromatic carbocycles. The maximum absolute atomic E-state index is 11.3. The molecule has 6 nitrogen and oxygen atoms in total. The van der Waals surface area contributed by atoms with Crippen LogP contribution in [0.5, 0.6) is 0 Å². The van der Waals surface area contributed by atoms with Crippen molar-refractivity contribution >= 4 is 28.6 Å². The van der Waals surface area contributed by atoms with Crippen molar-refractivity contribution in [1.82, 2.24) is 0 Å². The van der Waals surface area contributed by atoms with Gasteiger partial charge in [-0.2, -0.15) is 0 Å². The molecule has 0 saturated heterocycles. The lowest BCUT2D eigenvalue weighted by Crippen LogP contribution is -2.32. The highest BCUT2D eigenvalue weighted by Gasteiger charge is 2.40. The Hall–Kier alpha value is -1.32. The van der Waals surface area contributed by atoms with Crippen LogP contribution in [0, 0.1) is 3.57 Å². The molecule has 1 aliphatic heterocycles. The summed E-state index contributed by atoms with van der Waals surface area (Å²) < 4.78 is 11.1. The third kappa shape index (κ3) is 3.22. The van der Waals surface area contributed by atoms with E-state index in [-0.39, 0.29) is 12.4 Å². The zero-order valence-corrected chi connectivity index (χ0v) is 12.5. The molecule has 108 valence electrons. The van der Waals surface area contributed by atoms with Crippen molar-refractivity contribution < 1.29 is 29.6 Å². The predicted octanol–water partition coefficient (Wildman–Crippen LogP) is 0.856. The Morgan fingerprint density at radius 3 is 2.85 bits per heavy atom. The number of cyclic esters (lactones) is 1. The average molecular weight is 390 g/mol. The van der Waals surface area contributed by atoms with Gasteiger partial charge in [0.15, 0.2) is 11.9 Å². The van der Waals surface area contributed by atoms with Crippen LogP contribution in [0.1, 0.15) is 5.56 Å². The zero-order chi connectivity index (χ0) is 14.7. The van der Waals surface area contributed by atoms with Gasteiger partial charge in [-0.15, -0.1) is 0 Å². The molecule has 3 N–H and O–H groups in total. The number of benzene rings is 1. The number of ether oxygens (including phenoxy) is 2. The lowest BCUT2D eigenvalue weighted by molar-refractivity contribution is -0.148. The minimum atomic E-state index is -1.34. The number of hydrogen-bond acceptors (Lipinski definition) is 6. The molecule has 1 heterocycles. The Balaban J connectivity index is 2.11. The molecule has 0 bridgehead atoms. The van der Waals surface area contributed by atoms with E-state index in [1.807, 2.05) is 24.3 Å². The summed E-state index contributed by atoms with van der Waals surface area (Å²) in [6, 6.07) is 7.48. The molecular formula is C13H13IO6. The van der Waals surface area contributed by atoms with Crippen molar-refractivity contribution in [1.29, 1.82) is 0 Å². The quantitative estimate of drug-likeness (QED) is 0.510. The summed E-state index contributed by atoms with van der Waals surface area (Å²) in [7, 11) is 0. The van der Waals surface area contributed by atoms with Gasteiger partial charge < -0.3 is 24.8 Å². The van der Waals surface area contributed by atoms with E-state index in [2.05, 4.69) is 22.6 Å². The van der Waals surface area contributed by atoms with Crippen LogP contribution < -0.4 is 0 Å². The first-order valence-electron chi connectivity index (χ1n) is 5.83. The summed E-state index contributed by atoms with van der Waals surface area (Å²) in [6.45, 7) is -0.497. The highest BCUT2D eigenvalue weighted by molar-refractivity contribution is 14.1. The van der Waals surface area contributed by atoms with Gasteiger partial charge >= 0.3 is 5.97 Å². The van der Waals surface area contributed by atoms with Gasteiger partial charge in [0.2, 0.25) is 5.76 Å². The van der Waals surface area contributed by atoms with E-state index in [0.29, 0.717) is 0 Å². The summed E-state index contributed by atoms with van der Waals surface area (Å²) in [4.78, 5) is 11.3. The molecule has 2 rings (SSSR count). The smallest absolute Gasteiger partial charge is 0.378 e. The fraction of sp³-hybridized carbons (Fsp3) is 0.308. The Kier molecular flexibility index (Phi) is 4.84. The first-order valence-corrected chi connectivity index (χ1v) is 6.91. The van der Waals surface area contributed by atoms with Crippen LogP contribution in [-0.2, 0) is 20.9 Å². The zero-order valence-electron chi connectivity index (χ0n) is 10.3. The highest BCUT2D eigenvalue weighted by atomic mass is 125. The molecule has 0 unspecified atom stereocenters. The number of halogens is 1. The first-order chi connectivity index (χ1) is 9.52. The van der Waals surface area contributed by atoms with Crippen LogP contribution in [0.3, 0.4) is 0 Å². The first kappa shape index (κ1) is 15.1. The standard InChI is InChI=1S/C13H13IO6/c14-8-3-1-2-7(4-8)6-19-12-10(17)13(18)20-11(12)9(16)5-15/h1-4,9,11,15-17H,5-6H2/t9-,11+/m0/s1/i14-2. The molecule has 1 aliphatic rings. The lowest BCUT2D eigenvalue weighted by Gasteiger charge is -2.18. The fourth-order valence-electron chi connectivity index (χ4n) is 1.75. The number of esters is 1. The van der Waals surface area contributed by atoms with Crippen LogP contribution >= 0.6 is 22.6 Å². The van der Waals surface area contributed by atoms with Crippen molar-refractivity contribution in [2.75, 3.05) is 6.61 Å². The normalized spacial score (nSPS) is 19.9. The Morgan fingerprint density at radius 1 is 1.45 bits per heavy atom. The minimum Gasteiger partial charge on any atom is -0.499 e. The summed E-state index contributed by atoms with van der Waals surface area (Å²) in [5.74, 6) is -1.80. The molecule has 0 radical (unpaired) electrons. The number of hydrogen-bond donors (Lipinski definition) is 3. The van der Waals surface area contributed by atoms with E-state index < -0.39 is 30.5 Å². The molecule has 0 aliphatic carbocycles. The van der Waals surface area contributed by atoms with Crippen LogP contribution in [0.15, 0.2) is 35.8 Å². The molecule has 2 atom stereocenters. The third-order valence-corrected chi connectivity index (χ3v) is 3.41. The van der Waals surface area contributed by atoms with Gasteiger partial charge in [-0.25, -0.2) is 4.79 Å². The Labute approximate surface area is 128 Å². The number of aliphatic hydroxyl groups is 3. The summed E-state index contributed by atoms with van der Waals surface area (Å²) in [5.41, 5.74) is 0.841. The van der Waals surface area contributed by atoms with E-state index in [0.717, 1.165) is 9.13 Å². The SMILES string of the molecule is O=C1O[C@H]([C@@H](O)CO)C(OCc2cccc([125I])c2)=C1O. The summed E-state index contributed by atoms with van der Waals surface area (Å²) in [5, 5.41) is 28.0. The van der Waals surface area contributed by atoms with Crippen LogP contribution in [0.2, 0.25) is 0 Å². The highest BCUT2D eigenvalue weighted by Crippen LogP contribution is 2.26. The molecule has 20 heavy (non-hydrogen) atoms. The van der Waals surface area contributed by atoms with Gasteiger partial charge in [-0.3, -0.25) is 0 Å². The fourth-order valence-corrected chi connectivity index (χ4v) is 2.35.